The Morgan fingerprint density at radius 2 is 2.11 bits per heavy atom. The normalized spacial score (nSPS) is 12.9. The van der Waals surface area contributed by atoms with Crippen LogP contribution in [0.3, 0.4) is 0 Å². The summed E-state index contributed by atoms with van der Waals surface area (Å²) in [6.45, 7) is 7.31. The molecule has 4 nitrogen and oxygen atoms in total. The first-order valence-electron chi connectivity index (χ1n) is 6.32. The van der Waals surface area contributed by atoms with E-state index in [4.69, 9.17) is 4.74 Å². The van der Waals surface area contributed by atoms with E-state index < -0.39 is 11.7 Å². The van der Waals surface area contributed by atoms with Gasteiger partial charge in [-0.1, -0.05) is 19.1 Å². The van der Waals surface area contributed by atoms with Crippen LogP contribution in [0.2, 0.25) is 0 Å². The first kappa shape index (κ1) is 15.4. The lowest BCUT2D eigenvalue weighted by Gasteiger charge is -2.22. The number of hydrazine groups is 1. The fourth-order valence-electron chi connectivity index (χ4n) is 1.59. The number of ether oxygens (including phenoxy) is 1. The van der Waals surface area contributed by atoms with Crippen molar-refractivity contribution in [1.82, 2.24) is 10.9 Å². The molecule has 0 fully saturated rings. The molecule has 0 saturated heterocycles. The summed E-state index contributed by atoms with van der Waals surface area (Å²) in [6, 6.07) is 6.11. The summed E-state index contributed by atoms with van der Waals surface area (Å²) in [5, 5.41) is 0. The van der Waals surface area contributed by atoms with Crippen LogP contribution in [-0.4, -0.2) is 11.7 Å². The molecule has 2 N–H and O–H groups in total. The molecule has 0 aromatic heterocycles. The fraction of sp³-hybridized carbons (Fsp3) is 0.500. The molecular formula is C14H21FN2O2. The third-order valence-electron chi connectivity index (χ3n) is 2.41. The van der Waals surface area contributed by atoms with E-state index in [-0.39, 0.29) is 11.9 Å². The Hall–Kier alpha value is -1.62. The lowest BCUT2D eigenvalue weighted by molar-refractivity contribution is 0.0487. The SMILES string of the molecule is CCC(NNC(=O)OC(C)(C)C)c1cccc(F)c1. The zero-order chi connectivity index (χ0) is 14.5. The molecule has 0 aliphatic rings. The van der Waals surface area contributed by atoms with E-state index in [2.05, 4.69) is 10.9 Å². The molecule has 0 spiro atoms. The summed E-state index contributed by atoms with van der Waals surface area (Å²) in [6.07, 6.45) is 0.154. The minimum absolute atomic E-state index is 0.164. The standard InChI is InChI=1S/C14H21FN2O2/c1-5-12(10-7-6-8-11(15)9-10)16-17-13(18)19-14(2,3)4/h6-9,12,16H,5H2,1-4H3,(H,17,18). The van der Waals surface area contributed by atoms with Gasteiger partial charge in [-0.3, -0.25) is 5.43 Å². The van der Waals surface area contributed by atoms with E-state index in [1.54, 1.807) is 32.9 Å². The van der Waals surface area contributed by atoms with E-state index in [0.29, 0.717) is 6.42 Å². The molecule has 0 radical (unpaired) electrons. The van der Waals surface area contributed by atoms with Gasteiger partial charge in [-0.2, -0.15) is 0 Å². The van der Waals surface area contributed by atoms with Crippen LogP contribution in [0.5, 0.6) is 0 Å². The lowest BCUT2D eigenvalue weighted by atomic mass is 10.1. The molecule has 0 saturated carbocycles. The van der Waals surface area contributed by atoms with Crippen molar-refractivity contribution in [2.75, 3.05) is 0 Å². The second kappa shape index (κ2) is 6.52. The van der Waals surface area contributed by atoms with Gasteiger partial charge in [0.2, 0.25) is 0 Å². The van der Waals surface area contributed by atoms with Crippen LogP contribution in [0.25, 0.3) is 0 Å². The van der Waals surface area contributed by atoms with Gasteiger partial charge in [-0.05, 0) is 44.9 Å². The monoisotopic (exact) mass is 268 g/mol. The quantitative estimate of drug-likeness (QED) is 0.824. The van der Waals surface area contributed by atoms with Gasteiger partial charge in [-0.15, -0.1) is 0 Å². The third kappa shape index (κ3) is 5.70. The number of benzene rings is 1. The number of carbonyl (C=O) groups is 1. The van der Waals surface area contributed by atoms with Crippen molar-refractivity contribution in [1.29, 1.82) is 0 Å². The molecular weight excluding hydrogens is 247 g/mol. The van der Waals surface area contributed by atoms with Crippen molar-refractivity contribution in [3.05, 3.63) is 35.6 Å². The minimum atomic E-state index is -0.553. The predicted octanol–water partition coefficient (Wildman–Crippen LogP) is 3.31. The maximum absolute atomic E-state index is 13.1. The number of carbonyl (C=O) groups excluding carboxylic acids is 1. The largest absolute Gasteiger partial charge is 0.443 e. The van der Waals surface area contributed by atoms with Crippen molar-refractivity contribution in [2.45, 2.75) is 45.8 Å². The molecule has 0 aliphatic carbocycles. The minimum Gasteiger partial charge on any atom is -0.443 e. The van der Waals surface area contributed by atoms with Gasteiger partial charge < -0.3 is 4.74 Å². The van der Waals surface area contributed by atoms with Gasteiger partial charge >= 0.3 is 6.09 Å². The van der Waals surface area contributed by atoms with E-state index in [1.807, 2.05) is 6.92 Å². The summed E-state index contributed by atoms with van der Waals surface area (Å²) in [5.41, 5.74) is 5.55. The Morgan fingerprint density at radius 1 is 1.42 bits per heavy atom. The van der Waals surface area contributed by atoms with Gasteiger partial charge in [0, 0.05) is 0 Å². The van der Waals surface area contributed by atoms with Crippen molar-refractivity contribution in [2.24, 2.45) is 0 Å². The van der Waals surface area contributed by atoms with Crippen molar-refractivity contribution in [3.63, 3.8) is 0 Å². The highest BCUT2D eigenvalue weighted by Crippen LogP contribution is 2.16. The topological polar surface area (TPSA) is 50.4 Å². The number of amides is 1. The molecule has 1 aromatic rings. The van der Waals surface area contributed by atoms with Gasteiger partial charge in [0.1, 0.15) is 11.4 Å². The highest BCUT2D eigenvalue weighted by Gasteiger charge is 2.17. The van der Waals surface area contributed by atoms with Crippen LogP contribution in [0.4, 0.5) is 9.18 Å². The second-order valence-corrected chi connectivity index (χ2v) is 5.29. The zero-order valence-electron chi connectivity index (χ0n) is 11.8. The fourth-order valence-corrected chi connectivity index (χ4v) is 1.59. The van der Waals surface area contributed by atoms with E-state index in [1.165, 1.54) is 12.1 Å². The van der Waals surface area contributed by atoms with Gasteiger partial charge in [0.15, 0.2) is 0 Å². The maximum atomic E-state index is 13.1. The number of nitrogens with one attached hydrogen (secondary N) is 2. The first-order valence-corrected chi connectivity index (χ1v) is 6.32. The van der Waals surface area contributed by atoms with Gasteiger partial charge in [0.05, 0.1) is 6.04 Å². The highest BCUT2D eigenvalue weighted by molar-refractivity contribution is 5.67. The van der Waals surface area contributed by atoms with Crippen molar-refractivity contribution in [3.8, 4) is 0 Å². The van der Waals surface area contributed by atoms with Crippen LogP contribution in [-0.2, 0) is 4.74 Å². The summed E-state index contributed by atoms with van der Waals surface area (Å²) >= 11 is 0. The maximum Gasteiger partial charge on any atom is 0.422 e. The van der Waals surface area contributed by atoms with Crippen LogP contribution in [0, 0.1) is 5.82 Å². The molecule has 1 rings (SSSR count). The summed E-state index contributed by atoms with van der Waals surface area (Å²) in [4.78, 5) is 11.5. The molecule has 1 atom stereocenters. The first-order chi connectivity index (χ1) is 8.81. The van der Waals surface area contributed by atoms with Crippen molar-refractivity contribution >= 4 is 6.09 Å². The Morgan fingerprint density at radius 3 is 2.63 bits per heavy atom. The molecule has 1 aromatic carbocycles. The van der Waals surface area contributed by atoms with Crippen molar-refractivity contribution < 1.29 is 13.9 Å². The van der Waals surface area contributed by atoms with Gasteiger partial charge in [0.25, 0.3) is 0 Å². The summed E-state index contributed by atoms with van der Waals surface area (Å²) < 4.78 is 18.3. The summed E-state index contributed by atoms with van der Waals surface area (Å²) in [5.74, 6) is -0.296. The van der Waals surface area contributed by atoms with E-state index in [9.17, 15) is 9.18 Å². The number of rotatable bonds is 4. The van der Waals surface area contributed by atoms with Crippen LogP contribution < -0.4 is 10.9 Å². The third-order valence-corrected chi connectivity index (χ3v) is 2.41. The smallest absolute Gasteiger partial charge is 0.422 e. The van der Waals surface area contributed by atoms with Crippen LogP contribution in [0.1, 0.15) is 45.7 Å². The molecule has 19 heavy (non-hydrogen) atoms. The average Bonchev–Trinajstić information content (AvgIpc) is 2.27. The molecule has 0 heterocycles. The van der Waals surface area contributed by atoms with Gasteiger partial charge in [-0.25, -0.2) is 14.6 Å². The second-order valence-electron chi connectivity index (χ2n) is 5.29. The molecule has 1 amide bonds. The lowest BCUT2D eigenvalue weighted by Crippen LogP contribution is -2.42. The predicted molar refractivity (Wildman–Crippen MR) is 71.9 cm³/mol. The zero-order valence-corrected chi connectivity index (χ0v) is 11.8. The molecule has 106 valence electrons. The Balaban J connectivity index is 2.56. The highest BCUT2D eigenvalue weighted by atomic mass is 19.1. The van der Waals surface area contributed by atoms with Crippen LogP contribution in [0.15, 0.2) is 24.3 Å². The Bertz CT molecular complexity index is 430. The number of hydrogen-bond acceptors (Lipinski definition) is 3. The Kier molecular flexibility index (Phi) is 5.30. The number of hydrogen-bond donors (Lipinski definition) is 2. The summed E-state index contributed by atoms with van der Waals surface area (Å²) in [7, 11) is 0. The molecule has 5 heteroatoms. The number of halogens is 1. The molecule has 0 bridgehead atoms. The molecule has 0 aliphatic heterocycles. The van der Waals surface area contributed by atoms with Crippen LogP contribution >= 0.6 is 0 Å². The van der Waals surface area contributed by atoms with E-state index in [0.717, 1.165) is 5.56 Å². The van der Waals surface area contributed by atoms with E-state index >= 15 is 0 Å². The average molecular weight is 268 g/mol. The Labute approximate surface area is 113 Å². The molecule has 1 unspecified atom stereocenters.